The van der Waals surface area contributed by atoms with Crippen LogP contribution in [-0.2, 0) is 5.41 Å². The molecule has 0 bridgehead atoms. The van der Waals surface area contributed by atoms with Crippen LogP contribution in [0.2, 0.25) is 0 Å². The molecular formula is C57H43N. The fourth-order valence-electron chi connectivity index (χ4n) is 10.1. The summed E-state index contributed by atoms with van der Waals surface area (Å²) in [7, 11) is 0. The number of benzene rings is 7. The molecule has 276 valence electrons. The van der Waals surface area contributed by atoms with Crippen LogP contribution < -0.4 is 0 Å². The summed E-state index contributed by atoms with van der Waals surface area (Å²) in [6.07, 6.45) is 17.2. The molecule has 0 heterocycles. The number of aliphatic imine (C=N–C) groups is 1. The van der Waals surface area contributed by atoms with Gasteiger partial charge >= 0.3 is 0 Å². The Labute approximate surface area is 341 Å². The van der Waals surface area contributed by atoms with E-state index in [0.29, 0.717) is 17.8 Å². The molecule has 7 aromatic carbocycles. The van der Waals surface area contributed by atoms with Crippen molar-refractivity contribution in [1.29, 1.82) is 0 Å². The van der Waals surface area contributed by atoms with E-state index in [1.807, 2.05) is 0 Å². The highest BCUT2D eigenvalue weighted by molar-refractivity contribution is 6.02. The first-order chi connectivity index (χ1) is 28.7. The lowest BCUT2D eigenvalue weighted by molar-refractivity contribution is 0.447. The Balaban J connectivity index is 1.06. The van der Waals surface area contributed by atoms with Crippen molar-refractivity contribution in [3.8, 4) is 44.5 Å². The number of hydrogen-bond donors (Lipinski definition) is 0. The maximum Gasteiger partial charge on any atom is 0.0725 e. The van der Waals surface area contributed by atoms with E-state index in [2.05, 4.69) is 219 Å². The minimum Gasteiger partial charge on any atom is -0.253 e. The van der Waals surface area contributed by atoms with Crippen molar-refractivity contribution in [1.82, 2.24) is 0 Å². The van der Waals surface area contributed by atoms with Gasteiger partial charge in [0.1, 0.15) is 0 Å². The van der Waals surface area contributed by atoms with E-state index in [9.17, 15) is 0 Å². The summed E-state index contributed by atoms with van der Waals surface area (Å²) in [5.74, 6) is 1.27. The first-order valence-corrected chi connectivity index (χ1v) is 20.7. The quantitative estimate of drug-likeness (QED) is 0.114. The summed E-state index contributed by atoms with van der Waals surface area (Å²) < 4.78 is 0. The van der Waals surface area contributed by atoms with Crippen LogP contribution in [0.4, 0.5) is 0 Å². The largest absolute Gasteiger partial charge is 0.253 e. The summed E-state index contributed by atoms with van der Waals surface area (Å²) in [6.45, 7) is 2.13. The Bertz CT molecular complexity index is 2810. The zero-order chi connectivity index (χ0) is 38.6. The predicted octanol–water partition coefficient (Wildman–Crippen LogP) is 14.1. The number of hydrogen-bond acceptors (Lipinski definition) is 1. The van der Waals surface area contributed by atoms with Crippen molar-refractivity contribution >= 4 is 11.4 Å². The standard InChI is InChI=1S/C57H43N/c1-38(39-16-4-2-5-17-39)58-56(37-51(42-30-31-42)41-18-6-3-7-19-41)43-32-28-40(29-33-43)44-34-35-50-49-24-12-15-27-54(49)57(55(50)36-44)52-25-13-10-22-47(52)45-20-8-9-21-46(45)48-23-11-14-26-53(48)57/h2-18,20-37,41-42,51H,19H2,1H3/b56-37-,58-38?. The van der Waals surface area contributed by atoms with Crippen LogP contribution >= 0.6 is 0 Å². The van der Waals surface area contributed by atoms with E-state index in [4.69, 9.17) is 4.99 Å². The normalized spacial score (nSPS) is 17.5. The third-order valence-corrected chi connectivity index (χ3v) is 12.9. The molecule has 0 fully saturated rings. The molecule has 0 saturated heterocycles. The SMILES string of the molecule is CC(=N/C(=C\C(C1C=C1)C1C=CC=CC1)c1ccc(-c2ccc3c(c2)C2(c4ccccc4-c4ccccc4-c4ccccc42)c2ccccc2-3)cc1)c1ccccc1. The molecule has 2 unspecified atom stereocenters. The summed E-state index contributed by atoms with van der Waals surface area (Å²) in [6, 6.07) is 63.1. The van der Waals surface area contributed by atoms with Gasteiger partial charge in [0, 0.05) is 11.6 Å². The Morgan fingerprint density at radius 3 is 1.64 bits per heavy atom. The van der Waals surface area contributed by atoms with Crippen molar-refractivity contribution in [2.24, 2.45) is 22.7 Å². The third kappa shape index (κ3) is 5.57. The van der Waals surface area contributed by atoms with Gasteiger partial charge in [-0.05, 0) is 109 Å². The van der Waals surface area contributed by atoms with Gasteiger partial charge in [0.05, 0.1) is 11.1 Å². The second-order valence-corrected chi connectivity index (χ2v) is 16.1. The summed E-state index contributed by atoms with van der Waals surface area (Å²) >= 11 is 0. The topological polar surface area (TPSA) is 12.4 Å². The molecule has 1 heteroatoms. The lowest BCUT2D eigenvalue weighted by Crippen LogP contribution is -2.29. The fraction of sp³-hybridized carbons (Fsp3) is 0.105. The monoisotopic (exact) mass is 741 g/mol. The van der Waals surface area contributed by atoms with E-state index in [1.165, 1.54) is 66.8 Å². The second-order valence-electron chi connectivity index (χ2n) is 16.1. The van der Waals surface area contributed by atoms with E-state index >= 15 is 0 Å². The van der Waals surface area contributed by atoms with E-state index in [0.717, 1.165) is 29.0 Å². The first-order valence-electron chi connectivity index (χ1n) is 20.7. The van der Waals surface area contributed by atoms with E-state index in [-0.39, 0.29) is 0 Å². The van der Waals surface area contributed by atoms with Crippen LogP contribution in [0.15, 0.2) is 217 Å². The Kier molecular flexibility index (Phi) is 8.29. The molecule has 4 aliphatic carbocycles. The molecule has 0 aromatic heterocycles. The molecule has 0 radical (unpaired) electrons. The number of fused-ring (bicyclic) bond motifs is 12. The van der Waals surface area contributed by atoms with Gasteiger partial charge in [0.15, 0.2) is 0 Å². The van der Waals surface area contributed by atoms with Crippen molar-refractivity contribution < 1.29 is 0 Å². The number of allylic oxidation sites excluding steroid dienone is 7. The first kappa shape index (κ1) is 34.4. The van der Waals surface area contributed by atoms with Crippen molar-refractivity contribution in [3.05, 3.63) is 246 Å². The molecule has 7 aromatic rings. The second kappa shape index (κ2) is 14.0. The highest BCUT2D eigenvalue weighted by atomic mass is 14.8. The van der Waals surface area contributed by atoms with Gasteiger partial charge in [-0.2, -0.15) is 0 Å². The predicted molar refractivity (Wildman–Crippen MR) is 243 cm³/mol. The smallest absolute Gasteiger partial charge is 0.0725 e. The Hall–Kier alpha value is -6.83. The molecule has 0 N–H and O–H groups in total. The van der Waals surface area contributed by atoms with Crippen LogP contribution in [0.3, 0.4) is 0 Å². The maximum absolute atomic E-state index is 5.37. The average molecular weight is 742 g/mol. The average Bonchev–Trinajstić information content (AvgIpc) is 4.11. The van der Waals surface area contributed by atoms with Gasteiger partial charge in [0.2, 0.25) is 0 Å². The van der Waals surface area contributed by atoms with Gasteiger partial charge in [-0.25, -0.2) is 0 Å². The van der Waals surface area contributed by atoms with Gasteiger partial charge in [0.25, 0.3) is 0 Å². The Morgan fingerprint density at radius 2 is 1.05 bits per heavy atom. The molecule has 58 heavy (non-hydrogen) atoms. The lowest BCUT2D eigenvalue weighted by Gasteiger charge is -2.35. The van der Waals surface area contributed by atoms with Crippen LogP contribution in [0, 0.1) is 17.8 Å². The maximum atomic E-state index is 5.37. The third-order valence-electron chi connectivity index (χ3n) is 12.9. The fourth-order valence-corrected chi connectivity index (χ4v) is 10.1. The van der Waals surface area contributed by atoms with Crippen molar-refractivity contribution in [3.63, 3.8) is 0 Å². The highest BCUT2D eigenvalue weighted by Crippen LogP contribution is 2.61. The molecule has 1 nitrogen and oxygen atoms in total. The molecule has 1 spiro atoms. The van der Waals surface area contributed by atoms with Crippen LogP contribution in [-0.4, -0.2) is 5.71 Å². The number of rotatable bonds is 7. The van der Waals surface area contributed by atoms with Crippen molar-refractivity contribution in [2.75, 3.05) is 0 Å². The van der Waals surface area contributed by atoms with Crippen LogP contribution in [0.25, 0.3) is 50.2 Å². The summed E-state index contributed by atoms with van der Waals surface area (Å²) in [5.41, 5.74) is 19.3. The molecule has 4 aliphatic rings. The van der Waals surface area contributed by atoms with Gasteiger partial charge in [-0.1, -0.05) is 206 Å². The van der Waals surface area contributed by atoms with E-state index in [1.54, 1.807) is 0 Å². The van der Waals surface area contributed by atoms with Crippen LogP contribution in [0.5, 0.6) is 0 Å². The van der Waals surface area contributed by atoms with Crippen LogP contribution in [0.1, 0.15) is 46.7 Å². The van der Waals surface area contributed by atoms with Crippen molar-refractivity contribution in [2.45, 2.75) is 18.8 Å². The summed E-state index contributed by atoms with van der Waals surface area (Å²) in [4.78, 5) is 5.37. The molecule has 2 atom stereocenters. The Morgan fingerprint density at radius 1 is 0.517 bits per heavy atom. The molecular weight excluding hydrogens is 699 g/mol. The lowest BCUT2D eigenvalue weighted by atomic mass is 9.65. The van der Waals surface area contributed by atoms with E-state index < -0.39 is 5.41 Å². The van der Waals surface area contributed by atoms with Gasteiger partial charge in [-0.15, -0.1) is 0 Å². The minimum atomic E-state index is -0.498. The number of nitrogens with zero attached hydrogens (tertiary/aromatic N) is 1. The summed E-state index contributed by atoms with van der Waals surface area (Å²) in [5, 5.41) is 0. The van der Waals surface area contributed by atoms with Gasteiger partial charge < -0.3 is 0 Å². The molecule has 11 rings (SSSR count). The zero-order valence-electron chi connectivity index (χ0n) is 32.6. The molecule has 0 amide bonds. The molecule has 0 saturated carbocycles. The zero-order valence-corrected chi connectivity index (χ0v) is 32.6. The highest BCUT2D eigenvalue weighted by Gasteiger charge is 2.49. The molecule has 0 aliphatic heterocycles. The minimum absolute atomic E-state index is 0.356. The van der Waals surface area contributed by atoms with Gasteiger partial charge in [-0.3, -0.25) is 4.99 Å².